The third-order valence-electron chi connectivity index (χ3n) is 3.61. The number of nitrogens with one attached hydrogen (secondary N) is 1. The molecule has 1 N–H and O–H groups in total. The molecule has 0 aliphatic carbocycles. The van der Waals surface area contributed by atoms with Gasteiger partial charge in [-0.3, -0.25) is 9.88 Å². The molecule has 0 radical (unpaired) electrons. The predicted molar refractivity (Wildman–Crippen MR) is 71.3 cm³/mol. The Balaban J connectivity index is 1.77. The van der Waals surface area contributed by atoms with Crippen LogP contribution in [0.2, 0.25) is 0 Å². The van der Waals surface area contributed by atoms with Crippen LogP contribution in [-0.4, -0.2) is 41.7 Å². The van der Waals surface area contributed by atoms with Gasteiger partial charge >= 0.3 is 6.18 Å². The molecule has 0 amide bonds. The molecule has 0 aromatic carbocycles. The molecule has 1 aliphatic heterocycles. The number of pyridine rings is 1. The third-order valence-corrected chi connectivity index (χ3v) is 3.61. The van der Waals surface area contributed by atoms with Gasteiger partial charge < -0.3 is 5.32 Å². The van der Waals surface area contributed by atoms with Gasteiger partial charge in [0.1, 0.15) is 0 Å². The molecule has 20 heavy (non-hydrogen) atoms. The van der Waals surface area contributed by atoms with E-state index in [9.17, 15) is 13.2 Å². The van der Waals surface area contributed by atoms with Crippen LogP contribution in [0.15, 0.2) is 24.4 Å². The lowest BCUT2D eigenvalue weighted by Gasteiger charge is -2.34. The Morgan fingerprint density at radius 3 is 2.60 bits per heavy atom. The average Bonchev–Trinajstić information content (AvgIpc) is 2.40. The number of rotatable bonds is 4. The molecule has 3 nitrogen and oxygen atoms in total. The second-order valence-electron chi connectivity index (χ2n) is 5.31. The van der Waals surface area contributed by atoms with Crippen molar-refractivity contribution in [3.63, 3.8) is 0 Å². The van der Waals surface area contributed by atoms with E-state index in [1.165, 1.54) is 4.90 Å². The molecule has 1 aromatic heterocycles. The van der Waals surface area contributed by atoms with Crippen molar-refractivity contribution in [1.29, 1.82) is 0 Å². The molecule has 0 saturated carbocycles. The second-order valence-corrected chi connectivity index (χ2v) is 5.31. The van der Waals surface area contributed by atoms with Gasteiger partial charge in [0.05, 0.1) is 12.2 Å². The fraction of sp³-hybridized carbons (Fsp3) is 0.643. The summed E-state index contributed by atoms with van der Waals surface area (Å²) >= 11 is 0. The van der Waals surface area contributed by atoms with Gasteiger partial charge in [-0.05, 0) is 45.0 Å². The summed E-state index contributed by atoms with van der Waals surface area (Å²) in [5.41, 5.74) is 0.963. The van der Waals surface area contributed by atoms with Crippen molar-refractivity contribution in [2.45, 2.75) is 38.0 Å². The van der Waals surface area contributed by atoms with Gasteiger partial charge in [-0.15, -0.1) is 0 Å². The van der Waals surface area contributed by atoms with E-state index in [0.717, 1.165) is 18.5 Å². The van der Waals surface area contributed by atoms with Crippen molar-refractivity contribution in [3.05, 3.63) is 30.1 Å². The van der Waals surface area contributed by atoms with Crippen molar-refractivity contribution in [2.24, 2.45) is 0 Å². The smallest absolute Gasteiger partial charge is 0.306 e. The standard InChI is InChI=1S/C14H20F3N3/c1-11(13-4-2-3-7-18-13)19-12-5-8-20(9-6-12)10-14(15,16)17/h2-4,7,11-12,19H,5-6,8-10H2,1H3. The van der Waals surface area contributed by atoms with Crippen molar-refractivity contribution in [1.82, 2.24) is 15.2 Å². The Labute approximate surface area is 117 Å². The Morgan fingerprint density at radius 2 is 2.05 bits per heavy atom. The molecule has 6 heteroatoms. The van der Waals surface area contributed by atoms with E-state index in [4.69, 9.17) is 0 Å². The third kappa shape index (κ3) is 4.76. The summed E-state index contributed by atoms with van der Waals surface area (Å²) in [6.45, 7) is 2.22. The zero-order chi connectivity index (χ0) is 14.6. The summed E-state index contributed by atoms with van der Waals surface area (Å²) in [7, 11) is 0. The molecule has 0 spiro atoms. The topological polar surface area (TPSA) is 28.2 Å². The van der Waals surface area contributed by atoms with E-state index in [1.54, 1.807) is 6.20 Å². The van der Waals surface area contributed by atoms with Gasteiger partial charge in [0.2, 0.25) is 0 Å². The number of halogens is 3. The van der Waals surface area contributed by atoms with Crippen LogP contribution in [0.4, 0.5) is 13.2 Å². The molecule has 1 saturated heterocycles. The Morgan fingerprint density at radius 1 is 1.35 bits per heavy atom. The largest absolute Gasteiger partial charge is 0.401 e. The maximum absolute atomic E-state index is 12.3. The summed E-state index contributed by atoms with van der Waals surface area (Å²) < 4.78 is 36.9. The van der Waals surface area contributed by atoms with E-state index in [0.29, 0.717) is 13.1 Å². The highest BCUT2D eigenvalue weighted by Crippen LogP contribution is 2.21. The summed E-state index contributed by atoms with van der Waals surface area (Å²) in [6, 6.07) is 6.14. The molecule has 112 valence electrons. The Hall–Kier alpha value is -1.14. The summed E-state index contributed by atoms with van der Waals surface area (Å²) in [6.07, 6.45) is -0.860. The van der Waals surface area contributed by atoms with Crippen LogP contribution in [0.5, 0.6) is 0 Å². The molecule has 1 aliphatic rings. The average molecular weight is 287 g/mol. The number of aromatic nitrogens is 1. The van der Waals surface area contributed by atoms with E-state index in [1.807, 2.05) is 25.1 Å². The molecule has 2 rings (SSSR count). The molecule has 1 unspecified atom stereocenters. The van der Waals surface area contributed by atoms with Crippen molar-refractivity contribution in [2.75, 3.05) is 19.6 Å². The van der Waals surface area contributed by atoms with Gasteiger partial charge in [-0.1, -0.05) is 6.07 Å². The van der Waals surface area contributed by atoms with E-state index >= 15 is 0 Å². The van der Waals surface area contributed by atoms with Gasteiger partial charge in [0.15, 0.2) is 0 Å². The highest BCUT2D eigenvalue weighted by molar-refractivity contribution is 5.08. The van der Waals surface area contributed by atoms with Crippen molar-refractivity contribution < 1.29 is 13.2 Å². The monoisotopic (exact) mass is 287 g/mol. The minimum Gasteiger partial charge on any atom is -0.306 e. The fourth-order valence-corrected chi connectivity index (χ4v) is 2.58. The lowest BCUT2D eigenvalue weighted by Crippen LogP contribution is -2.46. The number of nitrogens with zero attached hydrogens (tertiary/aromatic N) is 2. The first kappa shape index (κ1) is 15.3. The van der Waals surface area contributed by atoms with Crippen LogP contribution in [0.3, 0.4) is 0 Å². The van der Waals surface area contributed by atoms with Crippen LogP contribution in [0, 0.1) is 0 Å². The number of piperidine rings is 1. The number of alkyl halides is 3. The fourth-order valence-electron chi connectivity index (χ4n) is 2.58. The predicted octanol–water partition coefficient (Wildman–Crippen LogP) is 2.76. The minimum atomic E-state index is -4.10. The van der Waals surface area contributed by atoms with Crippen molar-refractivity contribution >= 4 is 0 Å². The number of likely N-dealkylation sites (tertiary alicyclic amines) is 1. The molecule has 1 aromatic rings. The SMILES string of the molecule is CC(NC1CCN(CC(F)(F)F)CC1)c1ccccn1. The van der Waals surface area contributed by atoms with E-state index in [-0.39, 0.29) is 12.1 Å². The first-order chi connectivity index (χ1) is 9.44. The summed E-state index contributed by atoms with van der Waals surface area (Å²) in [5, 5.41) is 3.45. The minimum absolute atomic E-state index is 0.121. The molecular formula is C14H20F3N3. The van der Waals surface area contributed by atoms with Crippen LogP contribution >= 0.6 is 0 Å². The first-order valence-corrected chi connectivity index (χ1v) is 6.90. The maximum Gasteiger partial charge on any atom is 0.401 e. The van der Waals surface area contributed by atoms with E-state index < -0.39 is 12.7 Å². The molecule has 1 atom stereocenters. The van der Waals surface area contributed by atoms with Gasteiger partial charge in [-0.2, -0.15) is 13.2 Å². The highest BCUT2D eigenvalue weighted by atomic mass is 19.4. The molecule has 2 heterocycles. The quantitative estimate of drug-likeness (QED) is 0.923. The van der Waals surface area contributed by atoms with Gasteiger partial charge in [0, 0.05) is 18.3 Å². The second kappa shape index (κ2) is 6.54. The van der Waals surface area contributed by atoms with Crippen LogP contribution < -0.4 is 5.32 Å². The molecule has 1 fully saturated rings. The lowest BCUT2D eigenvalue weighted by molar-refractivity contribution is -0.148. The van der Waals surface area contributed by atoms with Crippen LogP contribution in [0.1, 0.15) is 31.5 Å². The van der Waals surface area contributed by atoms with Crippen LogP contribution in [0.25, 0.3) is 0 Å². The lowest BCUT2D eigenvalue weighted by atomic mass is 10.0. The zero-order valence-electron chi connectivity index (χ0n) is 11.5. The number of hydrogen-bond acceptors (Lipinski definition) is 3. The zero-order valence-corrected chi connectivity index (χ0v) is 11.5. The Bertz CT molecular complexity index is 400. The number of hydrogen-bond donors (Lipinski definition) is 1. The molecular weight excluding hydrogens is 267 g/mol. The van der Waals surface area contributed by atoms with Gasteiger partial charge in [-0.25, -0.2) is 0 Å². The first-order valence-electron chi connectivity index (χ1n) is 6.90. The van der Waals surface area contributed by atoms with Crippen LogP contribution in [-0.2, 0) is 0 Å². The van der Waals surface area contributed by atoms with E-state index in [2.05, 4.69) is 10.3 Å². The maximum atomic E-state index is 12.3. The normalized spacial score (nSPS) is 20.0. The summed E-state index contributed by atoms with van der Waals surface area (Å²) in [5.74, 6) is 0. The van der Waals surface area contributed by atoms with Crippen molar-refractivity contribution in [3.8, 4) is 0 Å². The van der Waals surface area contributed by atoms with Gasteiger partial charge in [0.25, 0.3) is 0 Å². The summed E-state index contributed by atoms with van der Waals surface area (Å²) in [4.78, 5) is 5.76. The highest BCUT2D eigenvalue weighted by Gasteiger charge is 2.32. The molecule has 0 bridgehead atoms. The Kier molecular flexibility index (Phi) is 4.99.